The smallest absolute Gasteiger partial charge is 0.255 e. The second-order valence-corrected chi connectivity index (χ2v) is 9.57. The fourth-order valence-corrected chi connectivity index (χ4v) is 4.65. The van der Waals surface area contributed by atoms with Gasteiger partial charge in [-0.05, 0) is 84.4 Å². The van der Waals surface area contributed by atoms with Gasteiger partial charge in [0.2, 0.25) is 0 Å². The van der Waals surface area contributed by atoms with Crippen LogP contribution >= 0.6 is 0 Å². The van der Waals surface area contributed by atoms with E-state index >= 15 is 0 Å². The molecule has 6 rings (SSSR count). The highest BCUT2D eigenvalue weighted by Crippen LogP contribution is 2.29. The number of amides is 2. The van der Waals surface area contributed by atoms with Crippen LogP contribution in [0.4, 0.5) is 15.8 Å². The number of carbonyl (C=O) groups excluding carboxylic acids is 2. The summed E-state index contributed by atoms with van der Waals surface area (Å²) in [6.45, 7) is 0.467. The zero-order valence-electron chi connectivity index (χ0n) is 21.9. The number of rotatable bonds is 7. The van der Waals surface area contributed by atoms with Gasteiger partial charge in [-0.25, -0.2) is 9.37 Å². The molecule has 2 N–H and O–H groups in total. The van der Waals surface area contributed by atoms with Crippen molar-refractivity contribution in [2.24, 2.45) is 0 Å². The molecule has 0 aliphatic carbocycles. The SMILES string of the molecule is O=C(Nc1ccc(-c2nc3cc(NC(=O)c4ccccc4)ccc3n2Cc2ccc(F)cc2)cc1)c1ccccc1. The highest BCUT2D eigenvalue weighted by Gasteiger charge is 2.15. The number of anilines is 2. The molecule has 0 aliphatic rings. The number of nitrogens with one attached hydrogen (secondary N) is 2. The van der Waals surface area contributed by atoms with Crippen molar-refractivity contribution < 1.29 is 14.0 Å². The lowest BCUT2D eigenvalue weighted by Crippen LogP contribution is -2.11. The molecular formula is C34H25FN4O2. The average Bonchev–Trinajstić information content (AvgIpc) is 3.36. The maximum atomic E-state index is 13.6. The summed E-state index contributed by atoms with van der Waals surface area (Å²) in [4.78, 5) is 30.2. The van der Waals surface area contributed by atoms with Crippen LogP contribution in [0.2, 0.25) is 0 Å². The van der Waals surface area contributed by atoms with E-state index in [1.807, 2.05) is 78.9 Å². The maximum absolute atomic E-state index is 13.6. The van der Waals surface area contributed by atoms with Crippen molar-refractivity contribution in [1.82, 2.24) is 9.55 Å². The van der Waals surface area contributed by atoms with Crippen molar-refractivity contribution >= 4 is 34.2 Å². The summed E-state index contributed by atoms with van der Waals surface area (Å²) in [6.07, 6.45) is 0. The van der Waals surface area contributed by atoms with E-state index in [2.05, 4.69) is 15.2 Å². The molecule has 0 fully saturated rings. The van der Waals surface area contributed by atoms with Gasteiger partial charge < -0.3 is 15.2 Å². The average molecular weight is 541 g/mol. The van der Waals surface area contributed by atoms with E-state index < -0.39 is 0 Å². The van der Waals surface area contributed by atoms with Gasteiger partial charge in [0.05, 0.1) is 11.0 Å². The first-order chi connectivity index (χ1) is 20.0. The predicted molar refractivity (Wildman–Crippen MR) is 159 cm³/mol. The first-order valence-corrected chi connectivity index (χ1v) is 13.1. The topological polar surface area (TPSA) is 76.0 Å². The number of fused-ring (bicyclic) bond motifs is 1. The number of carbonyl (C=O) groups is 2. The Balaban J connectivity index is 1.33. The summed E-state index contributed by atoms with van der Waals surface area (Å²) in [5.41, 5.74) is 5.76. The van der Waals surface area contributed by atoms with Crippen LogP contribution in [-0.2, 0) is 6.54 Å². The third kappa shape index (κ3) is 5.74. The zero-order chi connectivity index (χ0) is 28.2. The van der Waals surface area contributed by atoms with E-state index in [0.29, 0.717) is 40.4 Å². The van der Waals surface area contributed by atoms with E-state index in [1.54, 1.807) is 36.4 Å². The second kappa shape index (κ2) is 11.3. The molecular weight excluding hydrogens is 515 g/mol. The molecule has 1 heterocycles. The minimum Gasteiger partial charge on any atom is -0.322 e. The van der Waals surface area contributed by atoms with Gasteiger partial charge in [0, 0.05) is 34.6 Å². The number of imidazole rings is 1. The van der Waals surface area contributed by atoms with Crippen LogP contribution in [0.5, 0.6) is 0 Å². The summed E-state index contributed by atoms with van der Waals surface area (Å²) in [6, 6.07) is 37.5. The largest absolute Gasteiger partial charge is 0.322 e. The van der Waals surface area contributed by atoms with Crippen LogP contribution in [-0.4, -0.2) is 21.4 Å². The Kier molecular flexibility index (Phi) is 7.07. The molecule has 0 aliphatic heterocycles. The van der Waals surface area contributed by atoms with Gasteiger partial charge in [0.1, 0.15) is 11.6 Å². The molecule has 1 aromatic heterocycles. The molecule has 0 radical (unpaired) electrons. The predicted octanol–water partition coefficient (Wildman–Crippen LogP) is 7.40. The van der Waals surface area contributed by atoms with Gasteiger partial charge >= 0.3 is 0 Å². The standard InChI is InChI=1S/C34H25FN4O2/c35-27-15-11-23(12-16-27)22-39-31-20-19-29(37-34(41)26-9-5-2-6-10-26)21-30(31)38-32(39)24-13-17-28(18-14-24)36-33(40)25-7-3-1-4-8-25/h1-21H,22H2,(H,36,40)(H,37,41). The van der Waals surface area contributed by atoms with E-state index in [4.69, 9.17) is 4.98 Å². The van der Waals surface area contributed by atoms with Crippen LogP contribution in [0.25, 0.3) is 22.4 Å². The Morgan fingerprint density at radius 2 is 1.22 bits per heavy atom. The van der Waals surface area contributed by atoms with Crippen molar-refractivity contribution in [3.63, 3.8) is 0 Å². The molecule has 0 saturated carbocycles. The number of aromatic nitrogens is 2. The van der Waals surface area contributed by atoms with E-state index in [0.717, 1.165) is 16.6 Å². The fraction of sp³-hybridized carbons (Fsp3) is 0.0294. The lowest BCUT2D eigenvalue weighted by Gasteiger charge is -2.11. The molecule has 0 bridgehead atoms. The molecule has 7 heteroatoms. The Bertz CT molecular complexity index is 1830. The Labute approximate surface area is 236 Å². The quantitative estimate of drug-likeness (QED) is 0.222. The minimum absolute atomic E-state index is 0.188. The zero-order valence-corrected chi connectivity index (χ0v) is 21.9. The number of benzene rings is 5. The van der Waals surface area contributed by atoms with E-state index in [1.165, 1.54) is 12.1 Å². The Morgan fingerprint density at radius 1 is 0.659 bits per heavy atom. The summed E-state index contributed by atoms with van der Waals surface area (Å²) in [5.74, 6) is 0.0178. The van der Waals surface area contributed by atoms with Crippen molar-refractivity contribution in [2.45, 2.75) is 6.54 Å². The lowest BCUT2D eigenvalue weighted by molar-refractivity contribution is 0.101. The Morgan fingerprint density at radius 3 is 1.83 bits per heavy atom. The highest BCUT2D eigenvalue weighted by atomic mass is 19.1. The molecule has 6 aromatic rings. The monoisotopic (exact) mass is 540 g/mol. The van der Waals surface area contributed by atoms with Crippen molar-refractivity contribution in [1.29, 1.82) is 0 Å². The number of hydrogen-bond donors (Lipinski definition) is 2. The molecule has 41 heavy (non-hydrogen) atoms. The molecule has 200 valence electrons. The van der Waals surface area contributed by atoms with E-state index in [-0.39, 0.29) is 17.6 Å². The van der Waals surface area contributed by atoms with Crippen molar-refractivity contribution in [3.8, 4) is 11.4 Å². The van der Waals surface area contributed by atoms with Crippen LogP contribution < -0.4 is 10.6 Å². The highest BCUT2D eigenvalue weighted by molar-refractivity contribution is 6.05. The van der Waals surface area contributed by atoms with Crippen LogP contribution in [0.15, 0.2) is 127 Å². The molecule has 2 amide bonds. The third-order valence-electron chi connectivity index (χ3n) is 6.73. The Hall–Kier alpha value is -5.56. The molecule has 6 nitrogen and oxygen atoms in total. The van der Waals surface area contributed by atoms with Crippen LogP contribution in [0.1, 0.15) is 26.3 Å². The van der Waals surface area contributed by atoms with Crippen molar-refractivity contribution in [3.05, 3.63) is 150 Å². The number of nitrogens with zero attached hydrogens (tertiary/aromatic N) is 2. The molecule has 0 atom stereocenters. The maximum Gasteiger partial charge on any atom is 0.255 e. The van der Waals surface area contributed by atoms with Gasteiger partial charge in [0.15, 0.2) is 0 Å². The normalized spacial score (nSPS) is 10.9. The minimum atomic E-state index is -0.295. The molecule has 0 saturated heterocycles. The summed E-state index contributed by atoms with van der Waals surface area (Å²) in [7, 11) is 0. The molecule has 0 spiro atoms. The number of hydrogen-bond acceptors (Lipinski definition) is 3. The first kappa shape index (κ1) is 25.7. The summed E-state index contributed by atoms with van der Waals surface area (Å²) < 4.78 is 15.6. The molecule has 5 aromatic carbocycles. The van der Waals surface area contributed by atoms with Gasteiger partial charge in [0.25, 0.3) is 11.8 Å². The molecule has 0 unspecified atom stereocenters. The van der Waals surface area contributed by atoms with Gasteiger partial charge in [-0.2, -0.15) is 0 Å². The van der Waals surface area contributed by atoms with E-state index in [9.17, 15) is 14.0 Å². The van der Waals surface area contributed by atoms with Gasteiger partial charge in [-0.15, -0.1) is 0 Å². The third-order valence-corrected chi connectivity index (χ3v) is 6.73. The van der Waals surface area contributed by atoms with Crippen LogP contribution in [0.3, 0.4) is 0 Å². The number of halogens is 1. The van der Waals surface area contributed by atoms with Crippen molar-refractivity contribution in [2.75, 3.05) is 10.6 Å². The van der Waals surface area contributed by atoms with Gasteiger partial charge in [-0.1, -0.05) is 48.5 Å². The first-order valence-electron chi connectivity index (χ1n) is 13.1. The summed E-state index contributed by atoms with van der Waals surface area (Å²) in [5, 5.41) is 5.86. The fourth-order valence-electron chi connectivity index (χ4n) is 4.65. The van der Waals surface area contributed by atoms with Gasteiger partial charge in [-0.3, -0.25) is 9.59 Å². The van der Waals surface area contributed by atoms with Crippen LogP contribution in [0, 0.1) is 5.82 Å². The lowest BCUT2D eigenvalue weighted by atomic mass is 10.1. The summed E-state index contributed by atoms with van der Waals surface area (Å²) >= 11 is 0. The second-order valence-electron chi connectivity index (χ2n) is 9.57.